The van der Waals surface area contributed by atoms with Crippen molar-refractivity contribution >= 4 is 29.9 Å². The fraction of sp³-hybridized carbons (Fsp3) is 0.812. The van der Waals surface area contributed by atoms with Gasteiger partial charge >= 0.3 is 0 Å². The van der Waals surface area contributed by atoms with Gasteiger partial charge in [-0.05, 0) is 38.1 Å². The quantitative estimate of drug-likeness (QED) is 0.319. The molecule has 0 radical (unpaired) electrons. The van der Waals surface area contributed by atoms with Crippen molar-refractivity contribution in [1.29, 1.82) is 0 Å². The lowest BCUT2D eigenvalue weighted by Crippen LogP contribution is -2.47. The Morgan fingerprint density at radius 1 is 1.33 bits per heavy atom. The fourth-order valence-electron chi connectivity index (χ4n) is 3.17. The molecule has 0 unspecified atom stereocenters. The molecular weight excluding hydrogens is 375 g/mol. The second kappa shape index (κ2) is 9.66. The van der Waals surface area contributed by atoms with Crippen molar-refractivity contribution in [1.82, 2.24) is 15.5 Å². The molecule has 2 aliphatic rings. The Labute approximate surface area is 146 Å². The van der Waals surface area contributed by atoms with Gasteiger partial charge in [0.15, 0.2) is 5.96 Å². The molecule has 0 aromatic heterocycles. The number of halogens is 1. The molecule has 0 aromatic rings. The molecule has 0 spiro atoms. The van der Waals surface area contributed by atoms with Crippen LogP contribution in [0.5, 0.6) is 0 Å². The van der Waals surface area contributed by atoms with E-state index in [2.05, 4.69) is 46.5 Å². The molecule has 2 N–H and O–H groups in total. The van der Waals surface area contributed by atoms with Crippen molar-refractivity contribution < 1.29 is 0 Å². The molecule has 122 valence electrons. The highest BCUT2D eigenvalue weighted by Gasteiger charge is 2.25. The van der Waals surface area contributed by atoms with Crippen LogP contribution in [0.1, 0.15) is 39.5 Å². The van der Waals surface area contributed by atoms with Gasteiger partial charge in [-0.15, -0.1) is 24.0 Å². The van der Waals surface area contributed by atoms with Gasteiger partial charge in [-0.25, -0.2) is 0 Å². The molecule has 0 aromatic carbocycles. The van der Waals surface area contributed by atoms with E-state index < -0.39 is 0 Å². The lowest BCUT2D eigenvalue weighted by molar-refractivity contribution is 0.226. The fourth-order valence-corrected chi connectivity index (χ4v) is 3.17. The van der Waals surface area contributed by atoms with Crippen LogP contribution in [0.2, 0.25) is 0 Å². The molecule has 1 heterocycles. The number of aliphatic imine (C=N–C) groups is 1. The van der Waals surface area contributed by atoms with E-state index in [0.29, 0.717) is 12.1 Å². The molecule has 1 aliphatic heterocycles. The van der Waals surface area contributed by atoms with Crippen LogP contribution < -0.4 is 10.6 Å². The first kappa shape index (κ1) is 18.7. The first-order valence-electron chi connectivity index (χ1n) is 8.05. The summed E-state index contributed by atoms with van der Waals surface area (Å²) in [5, 5.41) is 7.01. The Hall–Kier alpha value is -0.300. The zero-order valence-electron chi connectivity index (χ0n) is 13.6. The lowest BCUT2D eigenvalue weighted by Gasteiger charge is -2.27. The third-order valence-electron chi connectivity index (χ3n) is 4.18. The molecule has 1 saturated heterocycles. The van der Waals surface area contributed by atoms with Crippen molar-refractivity contribution in [3.05, 3.63) is 12.2 Å². The lowest BCUT2D eigenvalue weighted by atomic mass is 10.1. The maximum atomic E-state index is 4.35. The molecule has 1 aliphatic carbocycles. The molecule has 1 fully saturated rings. The van der Waals surface area contributed by atoms with Crippen LogP contribution in [0.3, 0.4) is 0 Å². The van der Waals surface area contributed by atoms with Gasteiger partial charge in [-0.2, -0.15) is 0 Å². The van der Waals surface area contributed by atoms with Crippen molar-refractivity contribution in [2.45, 2.75) is 51.6 Å². The highest BCUT2D eigenvalue weighted by atomic mass is 127. The number of guanidine groups is 1. The topological polar surface area (TPSA) is 39.7 Å². The predicted octanol–water partition coefficient (Wildman–Crippen LogP) is 2.61. The summed E-state index contributed by atoms with van der Waals surface area (Å²) in [6.07, 6.45) is 9.35. The van der Waals surface area contributed by atoms with E-state index in [0.717, 1.165) is 31.3 Å². The third kappa shape index (κ3) is 6.14. The summed E-state index contributed by atoms with van der Waals surface area (Å²) >= 11 is 0. The molecule has 0 bridgehead atoms. The molecule has 2 rings (SSSR count). The smallest absolute Gasteiger partial charge is 0.191 e. The Morgan fingerprint density at radius 3 is 2.67 bits per heavy atom. The normalized spacial score (nSPS) is 23.6. The van der Waals surface area contributed by atoms with Gasteiger partial charge in [0.2, 0.25) is 0 Å². The van der Waals surface area contributed by atoms with Gasteiger partial charge in [0, 0.05) is 32.2 Å². The molecule has 1 atom stereocenters. The summed E-state index contributed by atoms with van der Waals surface area (Å²) in [6.45, 7) is 8.08. The second-order valence-electron chi connectivity index (χ2n) is 6.42. The molecule has 21 heavy (non-hydrogen) atoms. The van der Waals surface area contributed by atoms with Crippen molar-refractivity contribution in [3.8, 4) is 0 Å². The van der Waals surface area contributed by atoms with Crippen LogP contribution >= 0.6 is 24.0 Å². The molecule has 0 saturated carbocycles. The molecule has 4 nitrogen and oxygen atoms in total. The number of hydrogen-bond acceptors (Lipinski definition) is 2. The van der Waals surface area contributed by atoms with Crippen LogP contribution in [0, 0.1) is 5.92 Å². The number of rotatable bonds is 5. The zero-order chi connectivity index (χ0) is 14.4. The summed E-state index contributed by atoms with van der Waals surface area (Å²) in [5.41, 5.74) is 0. The van der Waals surface area contributed by atoms with Gasteiger partial charge in [0.25, 0.3) is 0 Å². The van der Waals surface area contributed by atoms with E-state index in [1.807, 2.05) is 7.05 Å². The minimum atomic E-state index is 0. The van der Waals surface area contributed by atoms with E-state index in [9.17, 15) is 0 Å². The highest BCUT2D eigenvalue weighted by molar-refractivity contribution is 14.0. The minimum absolute atomic E-state index is 0. The Kier molecular flexibility index (Phi) is 8.63. The van der Waals surface area contributed by atoms with Gasteiger partial charge in [0.1, 0.15) is 0 Å². The highest BCUT2D eigenvalue weighted by Crippen LogP contribution is 2.18. The van der Waals surface area contributed by atoms with Crippen LogP contribution in [-0.4, -0.2) is 49.6 Å². The average molecular weight is 406 g/mol. The van der Waals surface area contributed by atoms with Gasteiger partial charge in [-0.3, -0.25) is 9.89 Å². The van der Waals surface area contributed by atoms with Crippen LogP contribution in [-0.2, 0) is 0 Å². The van der Waals surface area contributed by atoms with Crippen molar-refractivity contribution in [2.24, 2.45) is 10.9 Å². The zero-order valence-corrected chi connectivity index (χ0v) is 16.0. The standard InChI is InChI=1S/C16H30N4.HI/c1-13(2)12-20-10-6-9-15(20)11-18-16(17-3)19-14-7-4-5-8-14;/h4-5,13-15H,6-12H2,1-3H3,(H2,17,18,19);1H/t15-;/m1./s1. The number of nitrogens with one attached hydrogen (secondary N) is 2. The van der Waals surface area contributed by atoms with Gasteiger partial charge in [-0.1, -0.05) is 26.0 Å². The maximum Gasteiger partial charge on any atom is 0.191 e. The minimum Gasteiger partial charge on any atom is -0.355 e. The number of likely N-dealkylation sites (tertiary alicyclic amines) is 1. The molecular formula is C16H31IN4. The van der Waals surface area contributed by atoms with E-state index >= 15 is 0 Å². The van der Waals surface area contributed by atoms with Crippen LogP contribution in [0.4, 0.5) is 0 Å². The summed E-state index contributed by atoms with van der Waals surface area (Å²) < 4.78 is 0. The molecule has 0 amide bonds. The summed E-state index contributed by atoms with van der Waals surface area (Å²) in [6, 6.07) is 1.19. The van der Waals surface area contributed by atoms with E-state index in [1.54, 1.807) is 0 Å². The van der Waals surface area contributed by atoms with E-state index in [-0.39, 0.29) is 24.0 Å². The summed E-state index contributed by atoms with van der Waals surface area (Å²) in [7, 11) is 1.86. The van der Waals surface area contributed by atoms with Crippen molar-refractivity contribution in [2.75, 3.05) is 26.7 Å². The Morgan fingerprint density at radius 2 is 2.05 bits per heavy atom. The van der Waals surface area contributed by atoms with Crippen LogP contribution in [0.25, 0.3) is 0 Å². The average Bonchev–Trinajstić information content (AvgIpc) is 3.05. The number of hydrogen-bond donors (Lipinski definition) is 2. The van der Waals surface area contributed by atoms with E-state index in [1.165, 1.54) is 25.9 Å². The largest absolute Gasteiger partial charge is 0.355 e. The van der Waals surface area contributed by atoms with Crippen LogP contribution in [0.15, 0.2) is 17.1 Å². The Balaban J connectivity index is 0.00000220. The number of nitrogens with zero attached hydrogens (tertiary/aromatic N) is 2. The molecule has 5 heteroatoms. The SMILES string of the molecule is CN=C(NC[C@H]1CCCN1CC(C)C)NC1CC=CC1.I. The van der Waals surface area contributed by atoms with E-state index in [4.69, 9.17) is 0 Å². The Bertz CT molecular complexity index is 346. The summed E-state index contributed by atoms with van der Waals surface area (Å²) in [5.74, 6) is 1.70. The monoisotopic (exact) mass is 406 g/mol. The first-order valence-corrected chi connectivity index (χ1v) is 8.05. The second-order valence-corrected chi connectivity index (χ2v) is 6.42. The third-order valence-corrected chi connectivity index (χ3v) is 4.18. The van der Waals surface area contributed by atoms with Crippen molar-refractivity contribution in [3.63, 3.8) is 0 Å². The predicted molar refractivity (Wildman–Crippen MR) is 102 cm³/mol. The maximum absolute atomic E-state index is 4.35. The first-order chi connectivity index (χ1) is 9.69. The van der Waals surface area contributed by atoms with Gasteiger partial charge < -0.3 is 10.6 Å². The van der Waals surface area contributed by atoms with Gasteiger partial charge in [0.05, 0.1) is 0 Å². The summed E-state index contributed by atoms with van der Waals surface area (Å²) in [4.78, 5) is 6.97.